The minimum atomic E-state index is -2.95. The third-order valence-electron chi connectivity index (χ3n) is 2.97. The second-order valence-electron chi connectivity index (χ2n) is 4.65. The molecule has 0 saturated heterocycles. The number of alkyl halides is 2. The van der Waals surface area contributed by atoms with Crippen molar-refractivity contribution in [3.8, 4) is 11.5 Å². The summed E-state index contributed by atoms with van der Waals surface area (Å²) >= 11 is 5.84. The molecule has 5 nitrogen and oxygen atoms in total. The number of carbonyl (C=O) groups excluding carboxylic acids is 1. The van der Waals surface area contributed by atoms with Gasteiger partial charge in [0.15, 0.2) is 0 Å². The Labute approximate surface area is 142 Å². The van der Waals surface area contributed by atoms with E-state index < -0.39 is 6.61 Å². The van der Waals surface area contributed by atoms with E-state index in [4.69, 9.17) is 16.3 Å². The molecule has 1 amide bonds. The Morgan fingerprint density at radius 3 is 2.42 bits per heavy atom. The van der Waals surface area contributed by atoms with Crippen LogP contribution in [0.15, 0.2) is 42.5 Å². The Balaban J connectivity index is 1.87. The van der Waals surface area contributed by atoms with Gasteiger partial charge in [0.1, 0.15) is 11.5 Å². The van der Waals surface area contributed by atoms with E-state index in [1.807, 2.05) is 0 Å². The Bertz CT molecular complexity index is 696. The van der Waals surface area contributed by atoms with Crippen molar-refractivity contribution in [1.82, 2.24) is 0 Å². The van der Waals surface area contributed by atoms with Gasteiger partial charge >= 0.3 is 6.61 Å². The van der Waals surface area contributed by atoms with Gasteiger partial charge in [0.05, 0.1) is 18.7 Å². The summed E-state index contributed by atoms with van der Waals surface area (Å²) in [4.78, 5) is 11.9. The molecule has 0 unspecified atom stereocenters. The van der Waals surface area contributed by atoms with Crippen LogP contribution in [0.25, 0.3) is 0 Å². The highest BCUT2D eigenvalue weighted by Crippen LogP contribution is 2.28. The lowest BCUT2D eigenvalue weighted by Gasteiger charge is -2.11. The van der Waals surface area contributed by atoms with Crippen molar-refractivity contribution in [3.63, 3.8) is 0 Å². The second kappa shape index (κ2) is 8.35. The summed E-state index contributed by atoms with van der Waals surface area (Å²) in [5, 5.41) is 5.57. The Kier molecular flexibility index (Phi) is 6.20. The maximum atomic E-state index is 12.2. The predicted octanol–water partition coefficient (Wildman–Crippen LogP) is 4.00. The molecule has 0 spiro atoms. The van der Waals surface area contributed by atoms with Crippen LogP contribution in [-0.4, -0.2) is 26.2 Å². The molecule has 8 heteroatoms. The highest BCUT2D eigenvalue weighted by molar-refractivity contribution is 6.32. The van der Waals surface area contributed by atoms with Crippen molar-refractivity contribution >= 4 is 28.9 Å². The summed E-state index contributed by atoms with van der Waals surface area (Å²) in [6.45, 7) is -2.96. The van der Waals surface area contributed by atoms with E-state index in [-0.39, 0.29) is 23.2 Å². The number of hydrogen-bond acceptors (Lipinski definition) is 4. The van der Waals surface area contributed by atoms with Gasteiger partial charge in [-0.05, 0) is 42.5 Å². The fourth-order valence-corrected chi connectivity index (χ4v) is 2.09. The number of methoxy groups -OCH3 is 1. The van der Waals surface area contributed by atoms with E-state index in [9.17, 15) is 13.6 Å². The van der Waals surface area contributed by atoms with Crippen LogP contribution in [-0.2, 0) is 4.79 Å². The van der Waals surface area contributed by atoms with Crippen molar-refractivity contribution in [3.05, 3.63) is 47.5 Å². The van der Waals surface area contributed by atoms with Crippen LogP contribution in [0, 0.1) is 0 Å². The number of hydrogen-bond donors (Lipinski definition) is 2. The minimum Gasteiger partial charge on any atom is -0.497 e. The molecule has 128 valence electrons. The lowest BCUT2D eigenvalue weighted by molar-refractivity contribution is -0.114. The average molecular weight is 357 g/mol. The van der Waals surface area contributed by atoms with Crippen LogP contribution in [0.3, 0.4) is 0 Å². The molecule has 2 rings (SSSR count). The van der Waals surface area contributed by atoms with Crippen molar-refractivity contribution in [2.45, 2.75) is 6.61 Å². The average Bonchev–Trinajstić information content (AvgIpc) is 2.55. The Morgan fingerprint density at radius 2 is 1.83 bits per heavy atom. The first-order chi connectivity index (χ1) is 11.5. The van der Waals surface area contributed by atoms with Gasteiger partial charge in [0.2, 0.25) is 5.91 Å². The van der Waals surface area contributed by atoms with E-state index in [0.717, 1.165) is 0 Å². The van der Waals surface area contributed by atoms with Gasteiger partial charge in [-0.2, -0.15) is 8.78 Å². The number of amides is 1. The molecule has 0 atom stereocenters. The van der Waals surface area contributed by atoms with Gasteiger partial charge in [-0.1, -0.05) is 11.6 Å². The van der Waals surface area contributed by atoms with Gasteiger partial charge in [-0.3, -0.25) is 4.79 Å². The molecule has 0 aliphatic carbocycles. The minimum absolute atomic E-state index is 0.0165. The van der Waals surface area contributed by atoms with E-state index >= 15 is 0 Å². The zero-order chi connectivity index (χ0) is 17.5. The van der Waals surface area contributed by atoms with Crippen LogP contribution in [0.1, 0.15) is 0 Å². The molecule has 0 bridgehead atoms. The topological polar surface area (TPSA) is 59.6 Å². The van der Waals surface area contributed by atoms with Gasteiger partial charge in [0.25, 0.3) is 0 Å². The van der Waals surface area contributed by atoms with Gasteiger partial charge in [0, 0.05) is 11.4 Å². The number of nitrogens with one attached hydrogen (secondary N) is 2. The Hall–Kier alpha value is -2.54. The van der Waals surface area contributed by atoms with Crippen LogP contribution in [0.2, 0.25) is 5.02 Å². The number of carbonyl (C=O) groups is 1. The van der Waals surface area contributed by atoms with Crippen LogP contribution in [0.5, 0.6) is 11.5 Å². The van der Waals surface area contributed by atoms with Gasteiger partial charge in [-0.15, -0.1) is 0 Å². The van der Waals surface area contributed by atoms with E-state index in [1.165, 1.54) is 18.2 Å². The van der Waals surface area contributed by atoms with Crippen molar-refractivity contribution in [2.75, 3.05) is 24.3 Å². The van der Waals surface area contributed by atoms with Crippen LogP contribution < -0.4 is 20.1 Å². The Morgan fingerprint density at radius 1 is 1.17 bits per heavy atom. The SMILES string of the molecule is COc1ccc(NC(=O)CNc2ccc(OC(F)F)c(Cl)c2)cc1. The molecule has 0 radical (unpaired) electrons. The number of rotatable bonds is 7. The molecule has 24 heavy (non-hydrogen) atoms. The lowest BCUT2D eigenvalue weighted by atomic mass is 10.3. The summed E-state index contributed by atoms with van der Waals surface area (Å²) in [7, 11) is 1.56. The highest BCUT2D eigenvalue weighted by atomic mass is 35.5. The first-order valence-corrected chi connectivity index (χ1v) is 7.28. The molecule has 2 aromatic rings. The lowest BCUT2D eigenvalue weighted by Crippen LogP contribution is -2.21. The zero-order valence-corrected chi connectivity index (χ0v) is 13.4. The summed E-state index contributed by atoms with van der Waals surface area (Å²) < 4.78 is 33.6. The number of ether oxygens (including phenoxy) is 2. The summed E-state index contributed by atoms with van der Waals surface area (Å²) in [5.41, 5.74) is 1.13. The molecule has 0 aromatic heterocycles. The second-order valence-corrected chi connectivity index (χ2v) is 5.06. The fourth-order valence-electron chi connectivity index (χ4n) is 1.86. The quantitative estimate of drug-likeness (QED) is 0.787. The molecule has 0 aliphatic heterocycles. The van der Waals surface area contributed by atoms with Crippen LogP contribution >= 0.6 is 11.6 Å². The smallest absolute Gasteiger partial charge is 0.387 e. The molecule has 0 aliphatic rings. The van der Waals surface area contributed by atoms with Gasteiger partial charge in [-0.25, -0.2) is 0 Å². The molecule has 2 aromatic carbocycles. The van der Waals surface area contributed by atoms with E-state index in [2.05, 4.69) is 15.4 Å². The summed E-state index contributed by atoms with van der Waals surface area (Å²) in [6.07, 6.45) is 0. The van der Waals surface area contributed by atoms with E-state index in [1.54, 1.807) is 31.4 Å². The first kappa shape index (κ1) is 17.8. The third-order valence-corrected chi connectivity index (χ3v) is 3.27. The molecular formula is C16H15ClF2N2O3. The molecular weight excluding hydrogens is 342 g/mol. The maximum Gasteiger partial charge on any atom is 0.387 e. The molecule has 0 fully saturated rings. The van der Waals surface area contributed by atoms with Crippen molar-refractivity contribution < 1.29 is 23.0 Å². The fraction of sp³-hybridized carbons (Fsp3) is 0.188. The molecule has 2 N–H and O–H groups in total. The predicted molar refractivity (Wildman–Crippen MR) is 88.2 cm³/mol. The molecule has 0 saturated carbocycles. The maximum absolute atomic E-state index is 12.2. The highest BCUT2D eigenvalue weighted by Gasteiger charge is 2.09. The van der Waals surface area contributed by atoms with E-state index in [0.29, 0.717) is 17.1 Å². The first-order valence-electron chi connectivity index (χ1n) is 6.90. The van der Waals surface area contributed by atoms with Crippen LogP contribution in [0.4, 0.5) is 20.2 Å². The van der Waals surface area contributed by atoms with Crippen molar-refractivity contribution in [1.29, 1.82) is 0 Å². The summed E-state index contributed by atoms with van der Waals surface area (Å²) in [6, 6.07) is 11.1. The number of halogens is 3. The normalized spacial score (nSPS) is 10.4. The molecule has 0 heterocycles. The third kappa shape index (κ3) is 5.27. The van der Waals surface area contributed by atoms with Crippen molar-refractivity contribution in [2.24, 2.45) is 0 Å². The monoisotopic (exact) mass is 356 g/mol. The standard InChI is InChI=1S/C16H15ClF2N2O3/c1-23-12-5-2-10(3-6-12)21-15(22)9-20-11-4-7-14(13(17)8-11)24-16(18)19/h2-8,16,20H,9H2,1H3,(H,21,22). The number of anilines is 2. The zero-order valence-electron chi connectivity index (χ0n) is 12.7. The largest absolute Gasteiger partial charge is 0.497 e. The summed E-state index contributed by atoms with van der Waals surface area (Å²) in [5.74, 6) is 0.288. The number of benzene rings is 2. The van der Waals surface area contributed by atoms with Gasteiger partial charge < -0.3 is 20.1 Å².